The van der Waals surface area contributed by atoms with E-state index in [4.69, 9.17) is 4.42 Å². The predicted octanol–water partition coefficient (Wildman–Crippen LogP) is 4.26. The largest absolute Gasteiger partial charge is 0.507 e. The van der Waals surface area contributed by atoms with Crippen molar-refractivity contribution in [2.75, 3.05) is 0 Å². The third-order valence-electron chi connectivity index (χ3n) is 3.70. The van der Waals surface area contributed by atoms with Crippen molar-refractivity contribution in [1.29, 1.82) is 0 Å². The van der Waals surface area contributed by atoms with Crippen LogP contribution in [-0.4, -0.2) is 15.0 Å². The van der Waals surface area contributed by atoms with Crippen molar-refractivity contribution < 1.29 is 14.4 Å². The molecule has 0 fully saturated rings. The highest BCUT2D eigenvalue weighted by Gasteiger charge is 2.17. The monoisotopic (exact) mass is 306 g/mol. The van der Waals surface area contributed by atoms with Crippen LogP contribution in [0.25, 0.3) is 33.3 Å². The van der Waals surface area contributed by atoms with Crippen LogP contribution in [0.2, 0.25) is 0 Å². The lowest BCUT2D eigenvalue weighted by Gasteiger charge is -2.05. The second-order valence-electron chi connectivity index (χ2n) is 5.11. The number of nitro benzene ring substituents is 1. The van der Waals surface area contributed by atoms with Crippen molar-refractivity contribution in [3.05, 3.63) is 64.7 Å². The summed E-state index contributed by atoms with van der Waals surface area (Å²) < 4.78 is 5.66. The van der Waals surface area contributed by atoms with Gasteiger partial charge in [0.25, 0.3) is 5.69 Å². The quantitative estimate of drug-likeness (QED) is 0.441. The molecule has 1 aromatic heterocycles. The molecule has 1 heterocycles. The molecule has 0 saturated heterocycles. The molecule has 0 radical (unpaired) electrons. The summed E-state index contributed by atoms with van der Waals surface area (Å²) in [6.07, 6.45) is 0. The Hall–Kier alpha value is -3.41. The van der Waals surface area contributed by atoms with E-state index in [1.807, 2.05) is 30.3 Å². The molecular formula is C17H10N2O4. The Balaban J connectivity index is 1.99. The van der Waals surface area contributed by atoms with Gasteiger partial charge >= 0.3 is 0 Å². The average molecular weight is 306 g/mol. The van der Waals surface area contributed by atoms with Crippen molar-refractivity contribution in [3.8, 4) is 17.2 Å². The second-order valence-corrected chi connectivity index (χ2v) is 5.11. The average Bonchev–Trinajstić information content (AvgIpc) is 2.97. The molecule has 6 heteroatoms. The van der Waals surface area contributed by atoms with Gasteiger partial charge in [0.2, 0.25) is 5.89 Å². The Morgan fingerprint density at radius 2 is 1.91 bits per heavy atom. The van der Waals surface area contributed by atoms with Gasteiger partial charge in [-0.25, -0.2) is 4.98 Å². The Bertz CT molecular complexity index is 1070. The van der Waals surface area contributed by atoms with Crippen LogP contribution in [-0.2, 0) is 0 Å². The summed E-state index contributed by atoms with van der Waals surface area (Å²) >= 11 is 0. The second kappa shape index (κ2) is 4.81. The summed E-state index contributed by atoms with van der Waals surface area (Å²) in [5.74, 6) is 0.277. The number of nitrogens with zero attached hydrogens (tertiary/aromatic N) is 2. The first-order valence-electron chi connectivity index (χ1n) is 6.89. The fourth-order valence-electron chi connectivity index (χ4n) is 2.62. The van der Waals surface area contributed by atoms with E-state index in [1.54, 1.807) is 6.07 Å². The minimum atomic E-state index is -0.489. The Labute approximate surface area is 129 Å². The van der Waals surface area contributed by atoms with Crippen LogP contribution in [0.15, 0.2) is 59.0 Å². The van der Waals surface area contributed by atoms with E-state index in [0.717, 1.165) is 10.8 Å². The zero-order chi connectivity index (χ0) is 16.0. The number of non-ortho nitro benzene ring substituents is 1. The molecule has 4 rings (SSSR count). The zero-order valence-corrected chi connectivity index (χ0v) is 11.8. The van der Waals surface area contributed by atoms with E-state index in [-0.39, 0.29) is 17.3 Å². The predicted molar refractivity (Wildman–Crippen MR) is 85.3 cm³/mol. The normalized spacial score (nSPS) is 11.1. The smallest absolute Gasteiger partial charge is 0.273 e. The number of aromatic hydroxyl groups is 1. The first-order valence-corrected chi connectivity index (χ1v) is 6.89. The summed E-state index contributed by atoms with van der Waals surface area (Å²) in [6, 6.07) is 15.2. The number of benzene rings is 3. The summed E-state index contributed by atoms with van der Waals surface area (Å²) in [5.41, 5.74) is 1.21. The van der Waals surface area contributed by atoms with Gasteiger partial charge in [-0.15, -0.1) is 0 Å². The molecule has 23 heavy (non-hydrogen) atoms. The molecule has 3 aromatic carbocycles. The first-order chi connectivity index (χ1) is 11.1. The number of fused-ring (bicyclic) bond motifs is 2. The molecule has 0 spiro atoms. The number of oxazole rings is 1. The van der Waals surface area contributed by atoms with E-state index in [2.05, 4.69) is 4.98 Å². The minimum absolute atomic E-state index is 0.0461. The third kappa shape index (κ3) is 2.08. The number of rotatable bonds is 2. The SMILES string of the molecule is O=[N+]([O-])c1ccc2nc(-c3c(O)ccc4ccccc34)oc2c1. The van der Waals surface area contributed by atoms with Gasteiger partial charge in [0.15, 0.2) is 5.58 Å². The molecule has 0 aliphatic carbocycles. The van der Waals surface area contributed by atoms with E-state index >= 15 is 0 Å². The van der Waals surface area contributed by atoms with Crippen molar-refractivity contribution in [3.63, 3.8) is 0 Å². The molecule has 112 valence electrons. The maximum Gasteiger partial charge on any atom is 0.273 e. The van der Waals surface area contributed by atoms with Crippen LogP contribution >= 0.6 is 0 Å². The van der Waals surface area contributed by atoms with E-state index in [0.29, 0.717) is 16.7 Å². The van der Waals surface area contributed by atoms with Crippen molar-refractivity contribution in [1.82, 2.24) is 4.98 Å². The Morgan fingerprint density at radius 3 is 2.74 bits per heavy atom. The summed E-state index contributed by atoms with van der Waals surface area (Å²) in [6.45, 7) is 0. The fraction of sp³-hybridized carbons (Fsp3) is 0. The molecule has 0 bridgehead atoms. The molecule has 0 unspecified atom stereocenters. The van der Waals surface area contributed by atoms with Crippen LogP contribution in [0.1, 0.15) is 0 Å². The third-order valence-corrected chi connectivity index (χ3v) is 3.70. The van der Waals surface area contributed by atoms with Gasteiger partial charge in [0.05, 0.1) is 16.6 Å². The van der Waals surface area contributed by atoms with Gasteiger partial charge in [0.1, 0.15) is 11.3 Å². The number of phenols is 1. The topological polar surface area (TPSA) is 89.4 Å². The Morgan fingerprint density at radius 1 is 1.09 bits per heavy atom. The van der Waals surface area contributed by atoms with E-state index in [9.17, 15) is 15.2 Å². The fourth-order valence-corrected chi connectivity index (χ4v) is 2.62. The van der Waals surface area contributed by atoms with Crippen LogP contribution in [0.4, 0.5) is 5.69 Å². The van der Waals surface area contributed by atoms with Gasteiger partial charge in [-0.3, -0.25) is 10.1 Å². The van der Waals surface area contributed by atoms with Crippen LogP contribution < -0.4 is 0 Å². The highest BCUT2D eigenvalue weighted by molar-refractivity contribution is 5.98. The van der Waals surface area contributed by atoms with Crippen LogP contribution in [0.5, 0.6) is 5.75 Å². The standard InChI is InChI=1S/C17H10N2O4/c20-14-8-5-10-3-1-2-4-12(10)16(14)17-18-13-7-6-11(19(21)22)9-15(13)23-17/h1-9,20H. The van der Waals surface area contributed by atoms with E-state index in [1.165, 1.54) is 18.2 Å². The zero-order valence-electron chi connectivity index (χ0n) is 11.8. The molecule has 4 aromatic rings. The van der Waals surface area contributed by atoms with E-state index < -0.39 is 4.92 Å². The van der Waals surface area contributed by atoms with Gasteiger partial charge in [0, 0.05) is 6.07 Å². The maximum absolute atomic E-state index is 10.9. The van der Waals surface area contributed by atoms with Crippen molar-refractivity contribution in [2.45, 2.75) is 0 Å². The number of phenolic OH excluding ortho intramolecular Hbond substituents is 1. The van der Waals surface area contributed by atoms with Crippen LogP contribution in [0, 0.1) is 10.1 Å². The Kier molecular flexibility index (Phi) is 2.77. The highest BCUT2D eigenvalue weighted by Crippen LogP contribution is 2.37. The molecule has 0 aliphatic rings. The lowest BCUT2D eigenvalue weighted by molar-refractivity contribution is -0.384. The lowest BCUT2D eigenvalue weighted by atomic mass is 10.0. The van der Waals surface area contributed by atoms with Crippen molar-refractivity contribution >= 4 is 27.6 Å². The molecular weight excluding hydrogens is 296 g/mol. The van der Waals surface area contributed by atoms with Gasteiger partial charge in [-0.05, 0) is 22.9 Å². The minimum Gasteiger partial charge on any atom is -0.507 e. The van der Waals surface area contributed by atoms with Crippen molar-refractivity contribution in [2.24, 2.45) is 0 Å². The maximum atomic E-state index is 10.9. The first kappa shape index (κ1) is 13.3. The summed E-state index contributed by atoms with van der Waals surface area (Å²) in [7, 11) is 0. The summed E-state index contributed by atoms with van der Waals surface area (Å²) in [5, 5.41) is 22.8. The molecule has 0 saturated carbocycles. The molecule has 6 nitrogen and oxygen atoms in total. The van der Waals surface area contributed by atoms with Gasteiger partial charge in [-0.2, -0.15) is 0 Å². The molecule has 0 amide bonds. The number of hydrogen-bond acceptors (Lipinski definition) is 5. The van der Waals surface area contributed by atoms with Crippen LogP contribution in [0.3, 0.4) is 0 Å². The number of nitro groups is 1. The van der Waals surface area contributed by atoms with Gasteiger partial charge < -0.3 is 9.52 Å². The summed E-state index contributed by atoms with van der Waals surface area (Å²) in [4.78, 5) is 14.7. The number of aromatic nitrogens is 1. The molecule has 0 aliphatic heterocycles. The number of hydrogen-bond donors (Lipinski definition) is 1. The highest BCUT2D eigenvalue weighted by atomic mass is 16.6. The molecule has 1 N–H and O–H groups in total. The van der Waals surface area contributed by atoms with Gasteiger partial charge in [-0.1, -0.05) is 30.3 Å². The molecule has 0 atom stereocenters. The lowest BCUT2D eigenvalue weighted by Crippen LogP contribution is -1.86.